The summed E-state index contributed by atoms with van der Waals surface area (Å²) in [5, 5.41) is 2.79. The van der Waals surface area contributed by atoms with Gasteiger partial charge >= 0.3 is 0 Å². The first-order valence-electron chi connectivity index (χ1n) is 7.27. The molecular weight excluding hydrogens is 266 g/mol. The smallest absolute Gasteiger partial charge is 0.293 e. The molecule has 0 unspecified atom stereocenters. The van der Waals surface area contributed by atoms with Crippen LogP contribution in [0.1, 0.15) is 30.3 Å². The zero-order valence-corrected chi connectivity index (χ0v) is 12.1. The molecule has 0 spiro atoms. The molecule has 1 aliphatic heterocycles. The Bertz CT molecular complexity index is 584. The van der Waals surface area contributed by atoms with E-state index in [4.69, 9.17) is 4.42 Å². The summed E-state index contributed by atoms with van der Waals surface area (Å²) in [5.74, 6) is 0.748. The van der Waals surface area contributed by atoms with Crippen LogP contribution < -0.4 is 10.2 Å². The number of carbonyl (C=O) groups is 1. The van der Waals surface area contributed by atoms with Crippen molar-refractivity contribution in [1.82, 2.24) is 4.98 Å². The van der Waals surface area contributed by atoms with Crippen LogP contribution in [0, 0.1) is 5.92 Å². The van der Waals surface area contributed by atoms with Gasteiger partial charge in [0.2, 0.25) is 5.76 Å². The van der Waals surface area contributed by atoms with E-state index in [0.717, 1.165) is 24.7 Å². The largest absolute Gasteiger partial charge is 0.438 e. The molecule has 110 valence electrons. The third-order valence-corrected chi connectivity index (χ3v) is 3.93. The van der Waals surface area contributed by atoms with E-state index >= 15 is 0 Å². The van der Waals surface area contributed by atoms with Gasteiger partial charge in [-0.15, -0.1) is 0 Å². The van der Waals surface area contributed by atoms with E-state index in [-0.39, 0.29) is 11.7 Å². The average molecular weight is 285 g/mol. The molecule has 1 fully saturated rings. The van der Waals surface area contributed by atoms with Gasteiger partial charge in [-0.2, -0.15) is 0 Å². The molecule has 0 saturated carbocycles. The Balaban J connectivity index is 1.63. The lowest BCUT2D eigenvalue weighted by atomic mass is 9.99. The molecule has 2 heterocycles. The van der Waals surface area contributed by atoms with Gasteiger partial charge in [0.25, 0.3) is 5.91 Å². The molecule has 0 aliphatic carbocycles. The molecule has 1 N–H and O–H groups in total. The fourth-order valence-electron chi connectivity index (χ4n) is 2.54. The van der Waals surface area contributed by atoms with Gasteiger partial charge in [-0.25, -0.2) is 4.98 Å². The van der Waals surface area contributed by atoms with Crippen LogP contribution in [0.4, 0.5) is 11.4 Å². The number of hydrogen-bond donors (Lipinski definition) is 1. The monoisotopic (exact) mass is 285 g/mol. The van der Waals surface area contributed by atoms with Gasteiger partial charge in [0, 0.05) is 24.5 Å². The number of benzene rings is 1. The highest BCUT2D eigenvalue weighted by Gasteiger charge is 2.16. The van der Waals surface area contributed by atoms with Gasteiger partial charge in [0.15, 0.2) is 6.39 Å². The standard InChI is InChI=1S/C16H19N3O2/c1-12-6-8-19(9-7-12)14-4-2-13(3-5-14)18-16(20)15-10-17-11-21-15/h2-5,10-12H,6-9H2,1H3,(H,18,20). The summed E-state index contributed by atoms with van der Waals surface area (Å²) in [4.78, 5) is 18.0. The van der Waals surface area contributed by atoms with Crippen molar-refractivity contribution in [1.29, 1.82) is 0 Å². The normalized spacial score (nSPS) is 16.0. The topological polar surface area (TPSA) is 58.4 Å². The van der Waals surface area contributed by atoms with Crippen molar-refractivity contribution in [3.05, 3.63) is 42.6 Å². The lowest BCUT2D eigenvalue weighted by molar-refractivity contribution is 0.0996. The highest BCUT2D eigenvalue weighted by molar-refractivity contribution is 6.02. The summed E-state index contributed by atoms with van der Waals surface area (Å²) in [6.07, 6.45) is 5.13. The van der Waals surface area contributed by atoms with Crippen molar-refractivity contribution in [2.45, 2.75) is 19.8 Å². The second kappa shape index (κ2) is 5.99. The molecule has 1 aromatic carbocycles. The van der Waals surface area contributed by atoms with Gasteiger partial charge in [-0.3, -0.25) is 4.79 Å². The Morgan fingerprint density at radius 3 is 2.62 bits per heavy atom. The molecular formula is C16H19N3O2. The Hall–Kier alpha value is -2.30. The lowest BCUT2D eigenvalue weighted by Crippen LogP contribution is -2.32. The number of carbonyl (C=O) groups excluding carboxylic acids is 1. The van der Waals surface area contributed by atoms with Crippen molar-refractivity contribution in [3.8, 4) is 0 Å². The number of amides is 1. The first kappa shape index (κ1) is 13.7. The molecule has 5 nitrogen and oxygen atoms in total. The van der Waals surface area contributed by atoms with Gasteiger partial charge in [-0.05, 0) is 43.0 Å². The molecule has 1 amide bonds. The van der Waals surface area contributed by atoms with E-state index in [2.05, 4.69) is 22.1 Å². The summed E-state index contributed by atoms with van der Waals surface area (Å²) in [5.41, 5.74) is 1.96. The number of oxazole rings is 1. The fraction of sp³-hybridized carbons (Fsp3) is 0.375. The Labute approximate surface area is 124 Å². The van der Waals surface area contributed by atoms with Crippen LogP contribution >= 0.6 is 0 Å². The highest BCUT2D eigenvalue weighted by atomic mass is 16.3. The molecule has 5 heteroatoms. The van der Waals surface area contributed by atoms with E-state index in [0.29, 0.717) is 0 Å². The predicted molar refractivity (Wildman–Crippen MR) is 81.5 cm³/mol. The van der Waals surface area contributed by atoms with Crippen LogP contribution in [0.25, 0.3) is 0 Å². The van der Waals surface area contributed by atoms with Crippen LogP contribution in [0.5, 0.6) is 0 Å². The molecule has 2 aromatic rings. The van der Waals surface area contributed by atoms with Crippen LogP contribution in [-0.4, -0.2) is 24.0 Å². The molecule has 0 bridgehead atoms. The predicted octanol–water partition coefficient (Wildman–Crippen LogP) is 3.16. The SMILES string of the molecule is CC1CCN(c2ccc(NC(=O)c3cnco3)cc2)CC1. The van der Waals surface area contributed by atoms with Crippen molar-refractivity contribution in [3.63, 3.8) is 0 Å². The number of anilines is 2. The van der Waals surface area contributed by atoms with Gasteiger partial charge in [0.05, 0.1) is 6.20 Å². The maximum Gasteiger partial charge on any atom is 0.293 e. The fourth-order valence-corrected chi connectivity index (χ4v) is 2.54. The minimum atomic E-state index is -0.285. The van der Waals surface area contributed by atoms with E-state index in [1.54, 1.807) is 0 Å². The number of nitrogens with zero attached hydrogens (tertiary/aromatic N) is 2. The van der Waals surface area contributed by atoms with Crippen molar-refractivity contribution >= 4 is 17.3 Å². The number of nitrogens with one attached hydrogen (secondary N) is 1. The molecule has 0 radical (unpaired) electrons. The van der Waals surface area contributed by atoms with Crippen molar-refractivity contribution in [2.24, 2.45) is 5.92 Å². The molecule has 3 rings (SSSR count). The maximum absolute atomic E-state index is 11.8. The average Bonchev–Trinajstić information content (AvgIpc) is 3.03. The Kier molecular flexibility index (Phi) is 3.90. The van der Waals surface area contributed by atoms with Gasteiger partial charge < -0.3 is 14.6 Å². The number of aromatic nitrogens is 1. The minimum absolute atomic E-state index is 0.212. The lowest BCUT2D eigenvalue weighted by Gasteiger charge is -2.32. The molecule has 1 aliphatic rings. The van der Waals surface area contributed by atoms with E-state index in [1.807, 2.05) is 24.3 Å². The third kappa shape index (κ3) is 3.24. The van der Waals surface area contributed by atoms with Crippen molar-refractivity contribution < 1.29 is 9.21 Å². The third-order valence-electron chi connectivity index (χ3n) is 3.93. The van der Waals surface area contributed by atoms with Crippen LogP contribution in [-0.2, 0) is 0 Å². The van der Waals surface area contributed by atoms with E-state index in [1.165, 1.54) is 31.1 Å². The highest BCUT2D eigenvalue weighted by Crippen LogP contribution is 2.24. The second-order valence-corrected chi connectivity index (χ2v) is 5.54. The molecule has 21 heavy (non-hydrogen) atoms. The number of rotatable bonds is 3. The van der Waals surface area contributed by atoms with Crippen LogP contribution in [0.3, 0.4) is 0 Å². The first-order valence-corrected chi connectivity index (χ1v) is 7.27. The zero-order valence-electron chi connectivity index (χ0n) is 12.1. The molecule has 0 atom stereocenters. The summed E-state index contributed by atoms with van der Waals surface area (Å²) in [6.45, 7) is 4.51. The summed E-state index contributed by atoms with van der Waals surface area (Å²) < 4.78 is 4.97. The van der Waals surface area contributed by atoms with Crippen molar-refractivity contribution in [2.75, 3.05) is 23.3 Å². The van der Waals surface area contributed by atoms with E-state index in [9.17, 15) is 4.79 Å². The van der Waals surface area contributed by atoms with Gasteiger partial charge in [-0.1, -0.05) is 6.92 Å². The number of hydrogen-bond acceptors (Lipinski definition) is 4. The maximum atomic E-state index is 11.8. The summed E-state index contributed by atoms with van der Waals surface area (Å²) in [7, 11) is 0. The Morgan fingerprint density at radius 2 is 2.00 bits per heavy atom. The molecule has 1 aromatic heterocycles. The van der Waals surface area contributed by atoms with Crippen LogP contribution in [0.2, 0.25) is 0 Å². The number of piperidine rings is 1. The quantitative estimate of drug-likeness (QED) is 0.941. The Morgan fingerprint density at radius 1 is 1.29 bits per heavy atom. The van der Waals surface area contributed by atoms with E-state index < -0.39 is 0 Å². The first-order chi connectivity index (χ1) is 10.2. The molecule has 1 saturated heterocycles. The zero-order chi connectivity index (χ0) is 14.7. The summed E-state index contributed by atoms with van der Waals surface area (Å²) in [6, 6.07) is 7.93. The second-order valence-electron chi connectivity index (χ2n) is 5.54. The van der Waals surface area contributed by atoms with Crippen LogP contribution in [0.15, 0.2) is 41.3 Å². The minimum Gasteiger partial charge on any atom is -0.438 e. The summed E-state index contributed by atoms with van der Waals surface area (Å²) >= 11 is 0. The van der Waals surface area contributed by atoms with Gasteiger partial charge in [0.1, 0.15) is 0 Å².